The Labute approximate surface area is 163 Å². The van der Waals surface area contributed by atoms with Crippen LogP contribution >= 0.6 is 11.3 Å². The third kappa shape index (κ3) is 3.21. The molecule has 3 rings (SSSR count). The molecule has 0 bridgehead atoms. The van der Waals surface area contributed by atoms with Gasteiger partial charge in [0.25, 0.3) is 0 Å². The average Bonchev–Trinajstić information content (AvgIpc) is 3.21. The molecule has 0 spiro atoms. The summed E-state index contributed by atoms with van der Waals surface area (Å²) in [6.45, 7) is 9.44. The molecule has 0 fully saturated rings. The topological polar surface area (TPSA) is 96.6 Å². The Morgan fingerprint density at radius 3 is 2.59 bits per heavy atom. The number of nitrogens with one attached hydrogen (secondary N) is 1. The Morgan fingerprint density at radius 1 is 1.41 bits per heavy atom. The number of ether oxygens (including phenoxy) is 1. The molecule has 2 aromatic rings. The first kappa shape index (κ1) is 19.7. The lowest BCUT2D eigenvalue weighted by atomic mass is 9.84. The molecule has 0 aliphatic carbocycles. The van der Waals surface area contributed by atoms with Gasteiger partial charge in [0, 0.05) is 24.2 Å². The number of aromatic nitrogens is 2. The zero-order valence-corrected chi connectivity index (χ0v) is 17.3. The molecular weight excluding hydrogens is 366 g/mol. The summed E-state index contributed by atoms with van der Waals surface area (Å²) in [4.78, 5) is 17.7. The van der Waals surface area contributed by atoms with Crippen LogP contribution < -0.4 is 5.32 Å². The highest BCUT2D eigenvalue weighted by molar-refractivity contribution is 7.09. The van der Waals surface area contributed by atoms with Crippen LogP contribution in [0.1, 0.15) is 63.2 Å². The van der Waals surface area contributed by atoms with Gasteiger partial charge in [-0.15, -0.1) is 11.3 Å². The highest BCUT2D eigenvalue weighted by Crippen LogP contribution is 2.53. The van der Waals surface area contributed by atoms with Crippen molar-refractivity contribution < 1.29 is 19.7 Å². The minimum atomic E-state index is -1.27. The van der Waals surface area contributed by atoms with E-state index in [0.29, 0.717) is 22.6 Å². The molecule has 0 saturated carbocycles. The first-order chi connectivity index (χ1) is 12.5. The Bertz CT molecular complexity index is 851. The first-order valence-corrected chi connectivity index (χ1v) is 9.87. The predicted octanol–water partition coefficient (Wildman–Crippen LogP) is 3.17. The van der Waals surface area contributed by atoms with Crippen LogP contribution in [0, 0.1) is 5.92 Å². The fourth-order valence-electron chi connectivity index (χ4n) is 3.71. The molecule has 2 aromatic heterocycles. The van der Waals surface area contributed by atoms with Crippen molar-refractivity contribution in [1.29, 1.82) is 0 Å². The summed E-state index contributed by atoms with van der Waals surface area (Å²) in [6.07, 6.45) is 2.09. The second-order valence-corrected chi connectivity index (χ2v) is 9.37. The third-order valence-corrected chi connectivity index (χ3v) is 5.48. The lowest BCUT2D eigenvalue weighted by molar-refractivity contribution is -0.164. The van der Waals surface area contributed by atoms with E-state index in [4.69, 9.17) is 4.74 Å². The molecular formula is C19H27N3O4S. The van der Waals surface area contributed by atoms with Crippen LogP contribution in [0.2, 0.25) is 0 Å². The van der Waals surface area contributed by atoms with Gasteiger partial charge >= 0.3 is 5.97 Å². The van der Waals surface area contributed by atoms with Gasteiger partial charge in [0.05, 0.1) is 11.6 Å². The number of rotatable bonds is 4. The van der Waals surface area contributed by atoms with E-state index in [-0.39, 0.29) is 17.7 Å². The van der Waals surface area contributed by atoms with Crippen LogP contribution in [0.15, 0.2) is 11.6 Å². The van der Waals surface area contributed by atoms with Crippen molar-refractivity contribution in [3.8, 4) is 11.8 Å². The van der Waals surface area contributed by atoms with Crippen molar-refractivity contribution in [1.82, 2.24) is 14.9 Å². The molecule has 2 atom stereocenters. The lowest BCUT2D eigenvalue weighted by Gasteiger charge is -2.34. The molecule has 3 N–H and O–H groups in total. The third-order valence-electron chi connectivity index (χ3n) is 4.64. The van der Waals surface area contributed by atoms with Gasteiger partial charge in [-0.05, 0) is 33.1 Å². The second-order valence-electron chi connectivity index (χ2n) is 8.45. The van der Waals surface area contributed by atoms with E-state index >= 15 is 0 Å². The van der Waals surface area contributed by atoms with Gasteiger partial charge in [-0.2, -0.15) is 0 Å². The number of carbonyl (C=O) groups excluding carboxylic acids is 1. The Morgan fingerprint density at radius 2 is 2.07 bits per heavy atom. The van der Waals surface area contributed by atoms with Gasteiger partial charge in [0.2, 0.25) is 0 Å². The quantitative estimate of drug-likeness (QED) is 0.691. The van der Waals surface area contributed by atoms with Crippen molar-refractivity contribution in [2.45, 2.75) is 58.2 Å². The van der Waals surface area contributed by atoms with Crippen molar-refractivity contribution in [3.63, 3.8) is 0 Å². The average molecular weight is 394 g/mol. The summed E-state index contributed by atoms with van der Waals surface area (Å²) >= 11 is 1.42. The number of esters is 1. The molecule has 3 heterocycles. The van der Waals surface area contributed by atoms with Crippen LogP contribution in [0.5, 0.6) is 11.8 Å². The Balaban J connectivity index is 2.23. The van der Waals surface area contributed by atoms with E-state index in [9.17, 15) is 15.0 Å². The zero-order chi connectivity index (χ0) is 20.1. The van der Waals surface area contributed by atoms with Gasteiger partial charge in [-0.3, -0.25) is 9.88 Å². The molecule has 0 saturated heterocycles. The number of carbonyl (C=O) groups is 1. The molecule has 0 amide bonds. The monoisotopic (exact) mass is 393 g/mol. The minimum Gasteiger partial charge on any atom is -0.494 e. The van der Waals surface area contributed by atoms with Crippen LogP contribution in [-0.4, -0.2) is 31.3 Å². The zero-order valence-electron chi connectivity index (χ0n) is 16.5. The minimum absolute atomic E-state index is 0.0793. The fourth-order valence-corrected chi connectivity index (χ4v) is 4.41. The molecule has 27 heavy (non-hydrogen) atoms. The van der Waals surface area contributed by atoms with Crippen molar-refractivity contribution >= 4 is 17.3 Å². The maximum absolute atomic E-state index is 13.4. The van der Waals surface area contributed by atoms with Gasteiger partial charge < -0.3 is 14.9 Å². The first-order valence-electron chi connectivity index (χ1n) is 8.99. The standard InChI is InChI=1S/C19H27N3O4S/c1-10(2)9-19(17(25)26-18(3,4)5)12-11(15(23)22(6)16(12)24)13(21-19)14-20-7-8-27-14/h7-8,10,13,21,23-24H,9H2,1-6H3/t13-,19+/m1/s1. The van der Waals surface area contributed by atoms with Gasteiger partial charge in [0.1, 0.15) is 16.1 Å². The van der Waals surface area contributed by atoms with Gasteiger partial charge in [-0.1, -0.05) is 13.8 Å². The molecule has 8 heteroatoms. The summed E-state index contributed by atoms with van der Waals surface area (Å²) in [6, 6.07) is -0.502. The SMILES string of the molecule is CC(C)C[C@]1(C(=O)OC(C)(C)C)N[C@@H](c2nccs2)c2c1c(O)n(C)c2O. The number of thiazole rings is 1. The van der Waals surface area contributed by atoms with Crippen molar-refractivity contribution in [2.24, 2.45) is 13.0 Å². The molecule has 0 aromatic carbocycles. The van der Waals surface area contributed by atoms with Crippen LogP contribution in [0.25, 0.3) is 0 Å². The number of hydrogen-bond acceptors (Lipinski definition) is 7. The van der Waals surface area contributed by atoms with E-state index < -0.39 is 23.2 Å². The normalized spacial score (nSPS) is 22.3. The maximum Gasteiger partial charge on any atom is 0.331 e. The molecule has 1 aliphatic heterocycles. The second kappa shape index (κ2) is 6.53. The van der Waals surface area contributed by atoms with Gasteiger partial charge in [-0.25, -0.2) is 9.78 Å². The van der Waals surface area contributed by atoms with Crippen molar-refractivity contribution in [2.75, 3.05) is 0 Å². The highest BCUT2D eigenvalue weighted by Gasteiger charge is 2.56. The molecule has 1 aliphatic rings. The summed E-state index contributed by atoms with van der Waals surface area (Å²) in [7, 11) is 1.57. The number of hydrogen-bond donors (Lipinski definition) is 3. The Kier molecular flexibility index (Phi) is 4.76. The number of aromatic hydroxyl groups is 2. The van der Waals surface area contributed by atoms with Crippen LogP contribution in [0.4, 0.5) is 0 Å². The summed E-state index contributed by atoms with van der Waals surface area (Å²) in [5.74, 6) is -0.551. The molecule has 7 nitrogen and oxygen atoms in total. The number of fused-ring (bicyclic) bond motifs is 1. The smallest absolute Gasteiger partial charge is 0.331 e. The Hall–Kier alpha value is -2.06. The lowest BCUT2D eigenvalue weighted by Crippen LogP contribution is -2.50. The van der Waals surface area contributed by atoms with Crippen molar-refractivity contribution in [3.05, 3.63) is 27.7 Å². The fraction of sp³-hybridized carbons (Fsp3) is 0.579. The highest BCUT2D eigenvalue weighted by atomic mass is 32.1. The summed E-state index contributed by atoms with van der Waals surface area (Å²) in [5.41, 5.74) is -1.09. The van der Waals surface area contributed by atoms with Gasteiger partial charge in [0.15, 0.2) is 11.8 Å². The maximum atomic E-state index is 13.4. The predicted molar refractivity (Wildman–Crippen MR) is 103 cm³/mol. The van der Waals surface area contributed by atoms with E-state index in [1.54, 1.807) is 13.2 Å². The van der Waals surface area contributed by atoms with E-state index in [0.717, 1.165) is 0 Å². The van der Waals surface area contributed by atoms with E-state index in [1.807, 2.05) is 40.0 Å². The number of nitrogens with zero attached hydrogens (tertiary/aromatic N) is 2. The molecule has 0 unspecified atom stereocenters. The van der Waals surface area contributed by atoms with Crippen LogP contribution in [-0.2, 0) is 22.1 Å². The molecule has 148 valence electrons. The largest absolute Gasteiger partial charge is 0.494 e. The van der Waals surface area contributed by atoms with E-state index in [1.165, 1.54) is 15.9 Å². The van der Waals surface area contributed by atoms with Crippen LogP contribution in [0.3, 0.4) is 0 Å². The van der Waals surface area contributed by atoms with E-state index in [2.05, 4.69) is 10.3 Å². The summed E-state index contributed by atoms with van der Waals surface area (Å²) < 4.78 is 7.03. The summed E-state index contributed by atoms with van der Waals surface area (Å²) in [5, 5.41) is 27.4. The molecule has 0 radical (unpaired) electrons.